The van der Waals surface area contributed by atoms with E-state index in [-0.39, 0.29) is 12.5 Å². The van der Waals surface area contributed by atoms with Crippen LogP contribution in [0.4, 0.5) is 5.82 Å². The van der Waals surface area contributed by atoms with Gasteiger partial charge in [0.2, 0.25) is 0 Å². The van der Waals surface area contributed by atoms with Gasteiger partial charge in [0.15, 0.2) is 6.61 Å². The highest BCUT2D eigenvalue weighted by atomic mass is 35.5. The first-order chi connectivity index (χ1) is 12.6. The van der Waals surface area contributed by atoms with Crippen molar-refractivity contribution in [3.8, 4) is 5.75 Å². The van der Waals surface area contributed by atoms with Crippen molar-refractivity contribution in [3.05, 3.63) is 52.1 Å². The molecule has 1 aromatic heterocycles. The molecule has 0 unspecified atom stereocenters. The van der Waals surface area contributed by atoms with E-state index in [2.05, 4.69) is 15.2 Å². The zero-order chi connectivity index (χ0) is 18.4. The smallest absolute Gasteiger partial charge is 0.258 e. The minimum atomic E-state index is -0.245. The molecule has 2 heterocycles. The summed E-state index contributed by atoms with van der Waals surface area (Å²) in [5, 5.41) is 3.73. The van der Waals surface area contributed by atoms with Crippen LogP contribution in [0.15, 0.2) is 36.5 Å². The summed E-state index contributed by atoms with van der Waals surface area (Å²) in [5.41, 5.74) is 0.968. The number of halogens is 2. The van der Waals surface area contributed by atoms with Crippen LogP contribution in [0.25, 0.3) is 0 Å². The largest absolute Gasteiger partial charge is 0.482 e. The first-order valence-electron chi connectivity index (χ1n) is 8.24. The van der Waals surface area contributed by atoms with Crippen molar-refractivity contribution < 1.29 is 14.3 Å². The Labute approximate surface area is 162 Å². The highest BCUT2D eigenvalue weighted by Crippen LogP contribution is 2.27. The van der Waals surface area contributed by atoms with Crippen molar-refractivity contribution >= 4 is 34.9 Å². The predicted molar refractivity (Wildman–Crippen MR) is 101 cm³/mol. The summed E-state index contributed by atoms with van der Waals surface area (Å²) in [6.07, 6.45) is 1.74. The summed E-state index contributed by atoms with van der Waals surface area (Å²) in [7, 11) is 0. The van der Waals surface area contributed by atoms with Gasteiger partial charge in [-0.2, -0.15) is 0 Å². The van der Waals surface area contributed by atoms with E-state index in [1.807, 2.05) is 12.1 Å². The van der Waals surface area contributed by atoms with Gasteiger partial charge < -0.3 is 19.7 Å². The number of ether oxygens (including phenoxy) is 2. The Bertz CT molecular complexity index is 767. The Kier molecular flexibility index (Phi) is 6.55. The van der Waals surface area contributed by atoms with Crippen LogP contribution in [0.3, 0.4) is 0 Å². The third kappa shape index (κ3) is 5.24. The maximum Gasteiger partial charge on any atom is 0.258 e. The Morgan fingerprint density at radius 3 is 2.85 bits per heavy atom. The van der Waals surface area contributed by atoms with Gasteiger partial charge in [-0.25, -0.2) is 4.98 Å². The van der Waals surface area contributed by atoms with Crippen LogP contribution in [0.1, 0.15) is 5.56 Å². The summed E-state index contributed by atoms with van der Waals surface area (Å²) >= 11 is 11.9. The molecule has 2 aromatic rings. The number of nitrogens with one attached hydrogen (secondary N) is 1. The molecule has 8 heteroatoms. The van der Waals surface area contributed by atoms with Gasteiger partial charge >= 0.3 is 0 Å². The highest BCUT2D eigenvalue weighted by Gasteiger charge is 2.13. The first-order valence-corrected chi connectivity index (χ1v) is 8.99. The van der Waals surface area contributed by atoms with Crippen LogP contribution in [-0.4, -0.2) is 43.8 Å². The van der Waals surface area contributed by atoms with Crippen molar-refractivity contribution in [2.45, 2.75) is 6.54 Å². The van der Waals surface area contributed by atoms with E-state index in [1.165, 1.54) is 0 Å². The normalized spacial score (nSPS) is 14.2. The molecule has 1 fully saturated rings. The fraction of sp³-hybridized carbons (Fsp3) is 0.333. The van der Waals surface area contributed by atoms with E-state index in [0.29, 0.717) is 35.6 Å². The molecule has 1 amide bonds. The molecule has 138 valence electrons. The molecule has 0 bridgehead atoms. The van der Waals surface area contributed by atoms with Crippen LogP contribution in [0, 0.1) is 0 Å². The molecular formula is C18H19Cl2N3O3. The SMILES string of the molecule is O=C(COc1cc(Cl)ccc1Cl)NCc1ccnc(N2CCOCC2)c1. The molecule has 0 saturated carbocycles. The minimum Gasteiger partial charge on any atom is -0.482 e. The average molecular weight is 396 g/mol. The fourth-order valence-electron chi connectivity index (χ4n) is 2.52. The lowest BCUT2D eigenvalue weighted by molar-refractivity contribution is -0.123. The van der Waals surface area contributed by atoms with Crippen molar-refractivity contribution in [1.29, 1.82) is 0 Å². The third-order valence-electron chi connectivity index (χ3n) is 3.89. The Balaban J connectivity index is 1.50. The van der Waals surface area contributed by atoms with E-state index in [0.717, 1.165) is 24.5 Å². The van der Waals surface area contributed by atoms with Crippen molar-refractivity contribution in [3.63, 3.8) is 0 Å². The lowest BCUT2D eigenvalue weighted by atomic mass is 10.2. The van der Waals surface area contributed by atoms with E-state index >= 15 is 0 Å². The molecule has 1 aliphatic heterocycles. The van der Waals surface area contributed by atoms with E-state index < -0.39 is 0 Å². The Morgan fingerprint density at radius 1 is 1.23 bits per heavy atom. The number of nitrogens with zero attached hydrogens (tertiary/aromatic N) is 2. The number of pyridine rings is 1. The van der Waals surface area contributed by atoms with Crippen LogP contribution in [0.5, 0.6) is 5.75 Å². The third-order valence-corrected chi connectivity index (χ3v) is 4.43. The van der Waals surface area contributed by atoms with Gasteiger partial charge in [-0.3, -0.25) is 4.79 Å². The topological polar surface area (TPSA) is 63.7 Å². The number of aromatic nitrogens is 1. The van der Waals surface area contributed by atoms with Crippen LogP contribution >= 0.6 is 23.2 Å². The molecule has 0 spiro atoms. The van der Waals surface area contributed by atoms with Gasteiger partial charge in [0.25, 0.3) is 5.91 Å². The summed E-state index contributed by atoms with van der Waals surface area (Å²) in [6, 6.07) is 8.71. The zero-order valence-corrected chi connectivity index (χ0v) is 15.6. The second-order valence-corrected chi connectivity index (χ2v) is 6.61. The molecule has 0 atom stereocenters. The lowest BCUT2D eigenvalue weighted by Crippen LogP contribution is -2.36. The van der Waals surface area contributed by atoms with Crippen LogP contribution in [0.2, 0.25) is 10.0 Å². The molecular weight excluding hydrogens is 377 g/mol. The van der Waals surface area contributed by atoms with Crippen LogP contribution < -0.4 is 15.0 Å². The molecule has 6 nitrogen and oxygen atoms in total. The molecule has 1 saturated heterocycles. The molecule has 26 heavy (non-hydrogen) atoms. The number of amides is 1. The van der Waals surface area contributed by atoms with Crippen molar-refractivity contribution in [2.75, 3.05) is 37.8 Å². The maximum absolute atomic E-state index is 12.0. The van der Waals surface area contributed by atoms with Crippen molar-refractivity contribution in [2.24, 2.45) is 0 Å². The number of benzene rings is 1. The average Bonchev–Trinajstić information content (AvgIpc) is 2.68. The second-order valence-electron chi connectivity index (χ2n) is 5.76. The van der Waals surface area contributed by atoms with E-state index in [1.54, 1.807) is 24.4 Å². The number of hydrogen-bond donors (Lipinski definition) is 1. The van der Waals surface area contributed by atoms with E-state index in [4.69, 9.17) is 32.7 Å². The quantitative estimate of drug-likeness (QED) is 0.814. The van der Waals surface area contributed by atoms with E-state index in [9.17, 15) is 4.79 Å². The number of anilines is 1. The lowest BCUT2D eigenvalue weighted by Gasteiger charge is -2.28. The van der Waals surface area contributed by atoms with Gasteiger partial charge in [0.1, 0.15) is 11.6 Å². The molecule has 1 aromatic carbocycles. The number of hydrogen-bond acceptors (Lipinski definition) is 5. The second kappa shape index (κ2) is 9.07. The zero-order valence-electron chi connectivity index (χ0n) is 14.1. The number of morpholine rings is 1. The fourth-order valence-corrected chi connectivity index (χ4v) is 2.85. The predicted octanol–water partition coefficient (Wildman–Crippen LogP) is 2.92. The van der Waals surface area contributed by atoms with Crippen LogP contribution in [-0.2, 0) is 16.1 Å². The van der Waals surface area contributed by atoms with Gasteiger partial charge in [-0.1, -0.05) is 23.2 Å². The van der Waals surface area contributed by atoms with Gasteiger partial charge in [0, 0.05) is 36.9 Å². The number of rotatable bonds is 6. The summed E-state index contributed by atoms with van der Waals surface area (Å²) < 4.78 is 10.8. The van der Waals surface area contributed by atoms with Gasteiger partial charge in [0.05, 0.1) is 18.2 Å². The maximum atomic E-state index is 12.0. The Morgan fingerprint density at radius 2 is 2.04 bits per heavy atom. The summed E-state index contributed by atoms with van der Waals surface area (Å²) in [6.45, 7) is 3.29. The molecule has 3 rings (SSSR count). The van der Waals surface area contributed by atoms with Crippen molar-refractivity contribution in [1.82, 2.24) is 10.3 Å². The number of carbonyl (C=O) groups excluding carboxylic acids is 1. The monoisotopic (exact) mass is 395 g/mol. The molecule has 0 aliphatic carbocycles. The van der Waals surface area contributed by atoms with Gasteiger partial charge in [-0.15, -0.1) is 0 Å². The Hall–Kier alpha value is -2.02. The van der Waals surface area contributed by atoms with Gasteiger partial charge in [-0.05, 0) is 29.8 Å². The molecule has 1 aliphatic rings. The standard InChI is InChI=1S/C18H19Cl2N3O3/c19-14-1-2-15(20)16(10-14)26-12-18(24)22-11-13-3-4-21-17(9-13)23-5-7-25-8-6-23/h1-4,9-10H,5-8,11-12H2,(H,22,24). The summed E-state index contributed by atoms with van der Waals surface area (Å²) in [5.74, 6) is 1.03. The summed E-state index contributed by atoms with van der Waals surface area (Å²) in [4.78, 5) is 18.6. The minimum absolute atomic E-state index is 0.137. The molecule has 1 N–H and O–H groups in total. The molecule has 0 radical (unpaired) electrons. The number of carbonyl (C=O) groups is 1. The first kappa shape index (κ1) is 18.8. The highest BCUT2D eigenvalue weighted by molar-refractivity contribution is 6.34.